The summed E-state index contributed by atoms with van der Waals surface area (Å²) in [5.41, 5.74) is -1.36. The largest absolute Gasteiger partial charge is 0.573 e. The summed E-state index contributed by atoms with van der Waals surface area (Å²) >= 11 is 0. The Morgan fingerprint density at radius 1 is 0.808 bits per heavy atom. The van der Waals surface area contributed by atoms with Crippen molar-refractivity contribution in [3.63, 3.8) is 0 Å². The quantitative estimate of drug-likeness (QED) is 0.576. The fourth-order valence-electron chi connectivity index (χ4n) is 2.25. The molecule has 0 saturated carbocycles. The van der Waals surface area contributed by atoms with Crippen molar-refractivity contribution >= 4 is 0 Å². The van der Waals surface area contributed by atoms with Crippen LogP contribution in [0.3, 0.4) is 0 Å². The standard InChI is InChI=1S/C17H13F7O2/c1-2-3-10-8-13(18)15(14(19)9-10)16(20,21)25-11-4-6-12(7-5-11)26-17(22,23)24/h4-9H,2-3H2,1H3. The first kappa shape index (κ1) is 19.9. The molecule has 0 unspecified atom stereocenters. The highest BCUT2D eigenvalue weighted by Gasteiger charge is 2.41. The zero-order valence-corrected chi connectivity index (χ0v) is 13.3. The summed E-state index contributed by atoms with van der Waals surface area (Å²) in [5.74, 6) is -4.21. The van der Waals surface area contributed by atoms with Crippen LogP contribution in [0.25, 0.3) is 0 Å². The molecule has 0 fully saturated rings. The third kappa shape index (κ3) is 5.03. The number of ether oxygens (including phenoxy) is 2. The van der Waals surface area contributed by atoms with Gasteiger partial charge in [-0.2, -0.15) is 8.78 Å². The van der Waals surface area contributed by atoms with E-state index in [1.165, 1.54) is 0 Å². The van der Waals surface area contributed by atoms with Crippen molar-refractivity contribution < 1.29 is 40.2 Å². The number of alkyl halides is 5. The summed E-state index contributed by atoms with van der Waals surface area (Å²) in [4.78, 5) is 0. The van der Waals surface area contributed by atoms with E-state index < -0.39 is 41.2 Å². The van der Waals surface area contributed by atoms with Crippen LogP contribution in [0, 0.1) is 11.6 Å². The number of benzene rings is 2. The van der Waals surface area contributed by atoms with E-state index in [1.807, 2.05) is 0 Å². The van der Waals surface area contributed by atoms with E-state index in [0.717, 1.165) is 36.4 Å². The molecule has 0 aromatic heterocycles. The number of hydrogen-bond donors (Lipinski definition) is 0. The van der Waals surface area contributed by atoms with Gasteiger partial charge >= 0.3 is 12.5 Å². The van der Waals surface area contributed by atoms with Crippen molar-refractivity contribution in [1.29, 1.82) is 0 Å². The smallest absolute Gasteiger partial charge is 0.429 e. The van der Waals surface area contributed by atoms with E-state index in [4.69, 9.17) is 0 Å². The molecule has 0 bridgehead atoms. The van der Waals surface area contributed by atoms with E-state index in [2.05, 4.69) is 9.47 Å². The third-order valence-electron chi connectivity index (χ3n) is 3.23. The van der Waals surface area contributed by atoms with Crippen LogP contribution in [0.2, 0.25) is 0 Å². The first-order valence-electron chi connectivity index (χ1n) is 7.43. The second-order valence-electron chi connectivity index (χ2n) is 5.32. The first-order valence-corrected chi connectivity index (χ1v) is 7.43. The monoisotopic (exact) mass is 382 g/mol. The Morgan fingerprint density at radius 2 is 1.27 bits per heavy atom. The molecule has 2 aromatic carbocycles. The summed E-state index contributed by atoms with van der Waals surface area (Å²) in [6, 6.07) is 4.57. The molecule has 0 saturated heterocycles. The van der Waals surface area contributed by atoms with Crippen molar-refractivity contribution in [2.45, 2.75) is 32.2 Å². The van der Waals surface area contributed by atoms with Gasteiger partial charge in [-0.25, -0.2) is 8.78 Å². The average Bonchev–Trinajstić information content (AvgIpc) is 2.46. The van der Waals surface area contributed by atoms with Crippen molar-refractivity contribution in [3.8, 4) is 11.5 Å². The molecule has 0 spiro atoms. The van der Waals surface area contributed by atoms with Crippen LogP contribution in [0.15, 0.2) is 36.4 Å². The van der Waals surface area contributed by atoms with Gasteiger partial charge in [-0.05, 0) is 48.4 Å². The molecule has 2 aromatic rings. The summed E-state index contributed by atoms with van der Waals surface area (Å²) < 4.78 is 100. The van der Waals surface area contributed by atoms with Crippen molar-refractivity contribution in [2.24, 2.45) is 0 Å². The predicted molar refractivity (Wildman–Crippen MR) is 78.0 cm³/mol. The Balaban J connectivity index is 2.23. The fourth-order valence-corrected chi connectivity index (χ4v) is 2.25. The zero-order valence-electron chi connectivity index (χ0n) is 13.3. The van der Waals surface area contributed by atoms with Gasteiger partial charge in [-0.15, -0.1) is 13.2 Å². The minimum atomic E-state index is -4.95. The highest BCUT2D eigenvalue weighted by atomic mass is 19.4. The molecular formula is C17H13F7O2. The van der Waals surface area contributed by atoms with Crippen LogP contribution in [-0.2, 0) is 12.5 Å². The van der Waals surface area contributed by atoms with Crippen molar-refractivity contribution in [3.05, 3.63) is 59.2 Å². The van der Waals surface area contributed by atoms with Crippen molar-refractivity contribution in [1.82, 2.24) is 0 Å². The summed E-state index contributed by atoms with van der Waals surface area (Å²) in [6.45, 7) is 1.76. The van der Waals surface area contributed by atoms with Gasteiger partial charge < -0.3 is 9.47 Å². The molecule has 0 aliphatic rings. The van der Waals surface area contributed by atoms with E-state index in [9.17, 15) is 30.7 Å². The number of aryl methyl sites for hydroxylation is 1. The molecule has 0 amide bonds. The van der Waals surface area contributed by atoms with E-state index in [0.29, 0.717) is 12.8 Å². The topological polar surface area (TPSA) is 18.5 Å². The Hall–Kier alpha value is -2.45. The summed E-state index contributed by atoms with van der Waals surface area (Å²) in [5, 5.41) is 0. The van der Waals surface area contributed by atoms with Gasteiger partial charge in [0.05, 0.1) is 0 Å². The van der Waals surface area contributed by atoms with Crippen LogP contribution in [0.5, 0.6) is 11.5 Å². The predicted octanol–water partition coefficient (Wildman–Crippen LogP) is 5.94. The molecule has 0 aliphatic heterocycles. The molecule has 0 N–H and O–H groups in total. The molecule has 0 radical (unpaired) electrons. The zero-order chi connectivity index (χ0) is 19.5. The lowest BCUT2D eigenvalue weighted by atomic mass is 10.1. The molecule has 9 heteroatoms. The molecule has 2 nitrogen and oxygen atoms in total. The first-order chi connectivity index (χ1) is 12.0. The highest BCUT2D eigenvalue weighted by Crippen LogP contribution is 2.36. The normalized spacial score (nSPS) is 12.2. The number of halogens is 7. The molecule has 0 heterocycles. The van der Waals surface area contributed by atoms with Gasteiger partial charge in [-0.3, -0.25) is 0 Å². The van der Waals surface area contributed by atoms with Gasteiger partial charge in [-0.1, -0.05) is 13.3 Å². The number of hydrogen-bond acceptors (Lipinski definition) is 2. The molecule has 26 heavy (non-hydrogen) atoms. The maximum absolute atomic E-state index is 14.1. The Bertz CT molecular complexity index is 732. The SMILES string of the molecule is CCCc1cc(F)c(C(F)(F)Oc2ccc(OC(F)(F)F)cc2)c(F)c1. The fraction of sp³-hybridized carbons (Fsp3) is 0.294. The van der Waals surface area contributed by atoms with E-state index >= 15 is 0 Å². The molecular weight excluding hydrogens is 369 g/mol. The number of rotatable bonds is 6. The van der Waals surface area contributed by atoms with E-state index in [-0.39, 0.29) is 5.56 Å². The minimum Gasteiger partial charge on any atom is -0.429 e. The Kier molecular flexibility index (Phi) is 5.68. The summed E-state index contributed by atoms with van der Waals surface area (Å²) in [6.07, 6.45) is -8.44. The van der Waals surface area contributed by atoms with Crippen LogP contribution in [-0.4, -0.2) is 6.36 Å². The molecule has 142 valence electrons. The Morgan fingerprint density at radius 3 is 1.69 bits per heavy atom. The maximum atomic E-state index is 14.1. The Labute approximate surface area is 144 Å². The van der Waals surface area contributed by atoms with Gasteiger partial charge in [0.2, 0.25) is 0 Å². The second-order valence-corrected chi connectivity index (χ2v) is 5.32. The van der Waals surface area contributed by atoms with Gasteiger partial charge in [0.25, 0.3) is 0 Å². The third-order valence-corrected chi connectivity index (χ3v) is 3.23. The van der Waals surface area contributed by atoms with E-state index in [1.54, 1.807) is 6.92 Å². The lowest BCUT2D eigenvalue weighted by molar-refractivity contribution is -0.274. The molecule has 0 atom stereocenters. The minimum absolute atomic E-state index is 0.218. The van der Waals surface area contributed by atoms with Crippen LogP contribution in [0.1, 0.15) is 24.5 Å². The summed E-state index contributed by atoms with van der Waals surface area (Å²) in [7, 11) is 0. The van der Waals surface area contributed by atoms with Crippen LogP contribution >= 0.6 is 0 Å². The molecule has 0 aliphatic carbocycles. The van der Waals surface area contributed by atoms with Crippen LogP contribution < -0.4 is 9.47 Å². The van der Waals surface area contributed by atoms with Gasteiger partial charge in [0, 0.05) is 0 Å². The average molecular weight is 382 g/mol. The highest BCUT2D eigenvalue weighted by molar-refractivity contribution is 5.33. The maximum Gasteiger partial charge on any atom is 0.573 e. The van der Waals surface area contributed by atoms with Crippen molar-refractivity contribution in [2.75, 3.05) is 0 Å². The molecule has 2 rings (SSSR count). The van der Waals surface area contributed by atoms with Gasteiger partial charge in [0.1, 0.15) is 28.7 Å². The second kappa shape index (κ2) is 7.43. The van der Waals surface area contributed by atoms with Gasteiger partial charge in [0.15, 0.2) is 0 Å². The lowest BCUT2D eigenvalue weighted by Crippen LogP contribution is -2.25. The van der Waals surface area contributed by atoms with Crippen LogP contribution in [0.4, 0.5) is 30.7 Å². The lowest BCUT2D eigenvalue weighted by Gasteiger charge is -2.20.